The Morgan fingerprint density at radius 1 is 1.00 bits per heavy atom. The molecule has 2 nitrogen and oxygen atoms in total. The highest BCUT2D eigenvalue weighted by molar-refractivity contribution is 5.94. The van der Waals surface area contributed by atoms with E-state index in [1.807, 2.05) is 47.6 Å². The lowest BCUT2D eigenvalue weighted by molar-refractivity contribution is -0.122. The van der Waals surface area contributed by atoms with Gasteiger partial charge >= 0.3 is 0 Å². The van der Waals surface area contributed by atoms with Crippen molar-refractivity contribution in [2.24, 2.45) is 5.92 Å². The highest BCUT2D eigenvalue weighted by Gasteiger charge is 2.05. The Hall–Kier alpha value is -0.920. The topological polar surface area (TPSA) is 34.1 Å². The van der Waals surface area contributed by atoms with Crippen LogP contribution in [0.1, 0.15) is 67.2 Å². The quantitative estimate of drug-likeness (QED) is 0.647. The van der Waals surface area contributed by atoms with Crippen molar-refractivity contribution in [2.75, 3.05) is 0 Å². The first-order chi connectivity index (χ1) is 7.98. The standard InChI is InChI=1S/C8H14O.C7H14O/c1-4-7(5-2)8(9)6-3;1-4-6(3)7(8)5-2/h4H,5-6H2,1-3H3;6H,4-5H2,1-3H3. The molecule has 0 aromatic heterocycles. The molecule has 0 aliphatic carbocycles. The summed E-state index contributed by atoms with van der Waals surface area (Å²) >= 11 is 0. The van der Waals surface area contributed by atoms with Crippen LogP contribution in [0.3, 0.4) is 0 Å². The van der Waals surface area contributed by atoms with E-state index in [0.29, 0.717) is 18.6 Å². The van der Waals surface area contributed by atoms with Gasteiger partial charge in [-0.2, -0.15) is 0 Å². The summed E-state index contributed by atoms with van der Waals surface area (Å²) in [4.78, 5) is 21.6. The first kappa shape index (κ1) is 18.4. The van der Waals surface area contributed by atoms with E-state index in [1.165, 1.54) is 0 Å². The predicted octanol–water partition coefficient (Wildman–Crippen LogP) is 4.33. The van der Waals surface area contributed by atoms with Gasteiger partial charge in [0, 0.05) is 18.8 Å². The fraction of sp³-hybridized carbons (Fsp3) is 0.733. The predicted molar refractivity (Wildman–Crippen MR) is 74.1 cm³/mol. The summed E-state index contributed by atoms with van der Waals surface area (Å²) in [7, 11) is 0. The van der Waals surface area contributed by atoms with E-state index in [1.54, 1.807) is 0 Å². The zero-order valence-corrected chi connectivity index (χ0v) is 12.3. The SMILES string of the molecule is CC=C(CC)C(=O)CC.CCC(=O)C(C)CC. The van der Waals surface area contributed by atoms with Crippen LogP contribution in [0.2, 0.25) is 0 Å². The van der Waals surface area contributed by atoms with E-state index in [9.17, 15) is 9.59 Å². The Morgan fingerprint density at radius 2 is 1.53 bits per heavy atom. The third kappa shape index (κ3) is 8.84. The van der Waals surface area contributed by atoms with Crippen LogP contribution in [0.25, 0.3) is 0 Å². The van der Waals surface area contributed by atoms with Crippen LogP contribution in [-0.2, 0) is 9.59 Å². The molecule has 0 fully saturated rings. The molecular weight excluding hydrogens is 212 g/mol. The molecular formula is C15H28O2. The third-order valence-corrected chi connectivity index (χ3v) is 2.92. The highest BCUT2D eigenvalue weighted by atomic mass is 16.1. The molecule has 0 aliphatic rings. The molecule has 0 aliphatic heterocycles. The first-order valence-electron chi connectivity index (χ1n) is 6.69. The van der Waals surface area contributed by atoms with Crippen LogP contribution >= 0.6 is 0 Å². The van der Waals surface area contributed by atoms with Gasteiger partial charge in [0.05, 0.1) is 0 Å². The summed E-state index contributed by atoms with van der Waals surface area (Å²) in [6.45, 7) is 11.7. The van der Waals surface area contributed by atoms with Gasteiger partial charge in [0.15, 0.2) is 5.78 Å². The van der Waals surface area contributed by atoms with Gasteiger partial charge in [0.25, 0.3) is 0 Å². The normalized spacial score (nSPS) is 12.5. The molecule has 0 bridgehead atoms. The maximum Gasteiger partial charge on any atom is 0.158 e. The average molecular weight is 240 g/mol. The van der Waals surface area contributed by atoms with E-state index < -0.39 is 0 Å². The third-order valence-electron chi connectivity index (χ3n) is 2.92. The van der Waals surface area contributed by atoms with E-state index >= 15 is 0 Å². The van der Waals surface area contributed by atoms with Crippen molar-refractivity contribution in [3.05, 3.63) is 11.6 Å². The van der Waals surface area contributed by atoms with Crippen LogP contribution in [0, 0.1) is 5.92 Å². The largest absolute Gasteiger partial charge is 0.299 e. The van der Waals surface area contributed by atoms with Gasteiger partial charge in [-0.25, -0.2) is 0 Å². The summed E-state index contributed by atoms with van der Waals surface area (Å²) in [6, 6.07) is 0. The fourth-order valence-corrected chi connectivity index (χ4v) is 1.37. The molecule has 0 radical (unpaired) electrons. The van der Waals surface area contributed by atoms with Crippen molar-refractivity contribution in [1.29, 1.82) is 0 Å². The summed E-state index contributed by atoms with van der Waals surface area (Å²) < 4.78 is 0. The molecule has 0 spiro atoms. The average Bonchev–Trinajstić information content (AvgIpc) is 2.38. The Labute approximate surface area is 106 Å². The minimum absolute atomic E-state index is 0.278. The second-order valence-electron chi connectivity index (χ2n) is 4.07. The van der Waals surface area contributed by atoms with Gasteiger partial charge in [-0.3, -0.25) is 9.59 Å². The lowest BCUT2D eigenvalue weighted by Gasteiger charge is -2.02. The van der Waals surface area contributed by atoms with Gasteiger partial charge in [0.1, 0.15) is 5.78 Å². The molecule has 0 N–H and O–H groups in total. The molecule has 1 unspecified atom stereocenters. The number of carbonyl (C=O) groups is 2. The lowest BCUT2D eigenvalue weighted by Crippen LogP contribution is -2.06. The maximum atomic E-state index is 10.9. The minimum atomic E-state index is 0.278. The van der Waals surface area contributed by atoms with E-state index in [2.05, 4.69) is 0 Å². The van der Waals surface area contributed by atoms with E-state index in [4.69, 9.17) is 0 Å². The Morgan fingerprint density at radius 3 is 1.65 bits per heavy atom. The molecule has 2 heteroatoms. The molecule has 0 heterocycles. The summed E-state index contributed by atoms with van der Waals surface area (Å²) in [5.41, 5.74) is 0.956. The molecule has 0 saturated heterocycles. The number of hydrogen-bond acceptors (Lipinski definition) is 2. The molecule has 17 heavy (non-hydrogen) atoms. The van der Waals surface area contributed by atoms with Gasteiger partial charge in [-0.1, -0.05) is 40.7 Å². The van der Waals surface area contributed by atoms with Gasteiger partial charge in [0.2, 0.25) is 0 Å². The second kappa shape index (κ2) is 11.6. The van der Waals surface area contributed by atoms with Crippen molar-refractivity contribution in [1.82, 2.24) is 0 Å². The number of Topliss-reactive ketones (excluding diaryl/α,β-unsaturated/α-hetero) is 2. The molecule has 0 amide bonds. The Balaban J connectivity index is 0. The van der Waals surface area contributed by atoms with Crippen LogP contribution < -0.4 is 0 Å². The van der Waals surface area contributed by atoms with Crippen LogP contribution in [0.15, 0.2) is 11.6 Å². The smallest absolute Gasteiger partial charge is 0.158 e. The second-order valence-corrected chi connectivity index (χ2v) is 4.07. The molecule has 0 aromatic carbocycles. The van der Waals surface area contributed by atoms with E-state index in [-0.39, 0.29) is 11.7 Å². The monoisotopic (exact) mass is 240 g/mol. The van der Waals surface area contributed by atoms with Crippen molar-refractivity contribution in [3.8, 4) is 0 Å². The molecule has 0 saturated carbocycles. The van der Waals surface area contributed by atoms with Crippen LogP contribution in [-0.4, -0.2) is 11.6 Å². The summed E-state index contributed by atoms with van der Waals surface area (Å²) in [6.07, 6.45) is 5.06. The Kier molecular flexibility index (Phi) is 12.5. The van der Waals surface area contributed by atoms with Gasteiger partial charge in [-0.15, -0.1) is 0 Å². The number of ketones is 2. The molecule has 0 rings (SSSR count). The molecule has 0 aromatic rings. The van der Waals surface area contributed by atoms with E-state index in [0.717, 1.165) is 18.4 Å². The molecule has 1 atom stereocenters. The number of rotatable bonds is 6. The first-order valence-corrected chi connectivity index (χ1v) is 6.69. The maximum absolute atomic E-state index is 10.9. The van der Waals surface area contributed by atoms with Crippen molar-refractivity contribution < 1.29 is 9.59 Å². The number of hydrogen-bond donors (Lipinski definition) is 0. The number of allylic oxidation sites excluding steroid dienone is 2. The highest BCUT2D eigenvalue weighted by Crippen LogP contribution is 2.04. The summed E-state index contributed by atoms with van der Waals surface area (Å²) in [5, 5.41) is 0. The fourth-order valence-electron chi connectivity index (χ4n) is 1.37. The zero-order valence-electron chi connectivity index (χ0n) is 12.3. The minimum Gasteiger partial charge on any atom is -0.299 e. The van der Waals surface area contributed by atoms with Gasteiger partial charge < -0.3 is 0 Å². The van der Waals surface area contributed by atoms with Crippen LogP contribution in [0.4, 0.5) is 0 Å². The zero-order chi connectivity index (χ0) is 13.8. The van der Waals surface area contributed by atoms with Crippen molar-refractivity contribution in [3.63, 3.8) is 0 Å². The van der Waals surface area contributed by atoms with Crippen LogP contribution in [0.5, 0.6) is 0 Å². The van der Waals surface area contributed by atoms with Gasteiger partial charge in [-0.05, 0) is 25.3 Å². The number of carbonyl (C=O) groups excluding carboxylic acids is 2. The Bertz CT molecular complexity index is 252. The summed E-state index contributed by atoms with van der Waals surface area (Å²) in [5.74, 6) is 0.938. The lowest BCUT2D eigenvalue weighted by atomic mass is 10.0. The van der Waals surface area contributed by atoms with Crippen molar-refractivity contribution >= 4 is 11.6 Å². The molecule has 100 valence electrons. The van der Waals surface area contributed by atoms with Crippen molar-refractivity contribution in [2.45, 2.75) is 67.2 Å².